The summed E-state index contributed by atoms with van der Waals surface area (Å²) in [6, 6.07) is 7.87. The van der Waals surface area contributed by atoms with E-state index in [4.69, 9.17) is 4.74 Å². The van der Waals surface area contributed by atoms with Crippen molar-refractivity contribution in [2.24, 2.45) is 0 Å². The number of nitrogens with zero attached hydrogens (tertiary/aromatic N) is 2. The lowest BCUT2D eigenvalue weighted by atomic mass is 10.1. The van der Waals surface area contributed by atoms with E-state index >= 15 is 0 Å². The quantitative estimate of drug-likeness (QED) is 0.809. The van der Waals surface area contributed by atoms with Gasteiger partial charge in [-0.3, -0.25) is 9.59 Å². The smallest absolute Gasteiger partial charge is 0.393 e. The molecule has 2 aromatic rings. The second-order valence-corrected chi connectivity index (χ2v) is 6.02. The number of hydrogen-bond acceptors (Lipinski definition) is 5. The number of amides is 2. The third kappa shape index (κ3) is 4.36. The third-order valence-corrected chi connectivity index (χ3v) is 4.03. The molecule has 2 heterocycles. The number of carbonyl (C=O) groups excluding carboxylic acids is 2. The van der Waals surface area contributed by atoms with E-state index in [0.29, 0.717) is 17.3 Å². The number of aromatic nitrogens is 1. The van der Waals surface area contributed by atoms with E-state index in [0.717, 1.165) is 4.90 Å². The lowest BCUT2D eigenvalue weighted by Crippen LogP contribution is -2.34. The minimum Gasteiger partial charge on any atom is -0.481 e. The molecule has 9 heteroatoms. The Morgan fingerprint density at radius 2 is 1.89 bits per heavy atom. The molecular weight excluding hydrogens is 363 g/mol. The van der Waals surface area contributed by atoms with Crippen LogP contribution in [-0.4, -0.2) is 36.1 Å². The van der Waals surface area contributed by atoms with Gasteiger partial charge in [0.2, 0.25) is 11.8 Å². The number of alkyl halides is 3. The predicted molar refractivity (Wildman–Crippen MR) is 91.5 cm³/mol. The first-order valence-corrected chi connectivity index (χ1v) is 8.06. The Morgan fingerprint density at radius 1 is 1.19 bits per heavy atom. The first-order chi connectivity index (χ1) is 12.8. The third-order valence-electron chi connectivity index (χ3n) is 4.03. The van der Waals surface area contributed by atoms with Gasteiger partial charge in [0, 0.05) is 11.8 Å². The Balaban J connectivity index is 1.69. The maximum atomic E-state index is 12.6. The summed E-state index contributed by atoms with van der Waals surface area (Å²) in [5, 5.41) is 2.89. The van der Waals surface area contributed by atoms with Gasteiger partial charge in [0.1, 0.15) is 6.04 Å². The van der Waals surface area contributed by atoms with E-state index in [1.165, 1.54) is 43.6 Å². The van der Waals surface area contributed by atoms with Crippen LogP contribution in [0.15, 0.2) is 42.6 Å². The first-order valence-electron chi connectivity index (χ1n) is 8.06. The molecule has 0 aliphatic carbocycles. The van der Waals surface area contributed by atoms with Crippen LogP contribution in [0, 0.1) is 0 Å². The number of rotatable bonds is 5. The average molecular weight is 379 g/mol. The molecule has 1 aliphatic rings. The number of imide groups is 1. The van der Waals surface area contributed by atoms with E-state index in [9.17, 15) is 22.8 Å². The molecule has 0 bridgehead atoms. The second kappa shape index (κ2) is 7.26. The fourth-order valence-corrected chi connectivity index (χ4v) is 2.79. The van der Waals surface area contributed by atoms with Crippen molar-refractivity contribution in [1.29, 1.82) is 0 Å². The lowest BCUT2D eigenvalue weighted by Gasteiger charge is -2.16. The van der Waals surface area contributed by atoms with E-state index in [1.807, 2.05) is 0 Å². The van der Waals surface area contributed by atoms with Crippen LogP contribution in [-0.2, 0) is 16.0 Å². The van der Waals surface area contributed by atoms with E-state index in [-0.39, 0.29) is 12.0 Å². The van der Waals surface area contributed by atoms with E-state index in [1.54, 1.807) is 6.07 Å². The van der Waals surface area contributed by atoms with Crippen molar-refractivity contribution in [3.05, 3.63) is 48.2 Å². The summed E-state index contributed by atoms with van der Waals surface area (Å²) >= 11 is 0. The number of ether oxygens (including phenoxy) is 1. The molecule has 1 aromatic heterocycles. The zero-order chi connectivity index (χ0) is 19.6. The van der Waals surface area contributed by atoms with Crippen LogP contribution in [0.3, 0.4) is 0 Å². The number of methoxy groups -OCH3 is 1. The fraction of sp³-hybridized carbons (Fsp3) is 0.278. The van der Waals surface area contributed by atoms with Crippen LogP contribution >= 0.6 is 0 Å². The van der Waals surface area contributed by atoms with Gasteiger partial charge in [-0.1, -0.05) is 12.1 Å². The van der Waals surface area contributed by atoms with Gasteiger partial charge in [0.15, 0.2) is 0 Å². The van der Waals surface area contributed by atoms with Gasteiger partial charge in [0.25, 0.3) is 5.91 Å². The van der Waals surface area contributed by atoms with Gasteiger partial charge in [0.05, 0.1) is 31.8 Å². The normalized spacial score (nSPS) is 17.3. The van der Waals surface area contributed by atoms with Gasteiger partial charge < -0.3 is 10.1 Å². The van der Waals surface area contributed by atoms with Gasteiger partial charge in [-0.15, -0.1) is 0 Å². The van der Waals surface area contributed by atoms with Crippen LogP contribution in [0.4, 0.5) is 24.5 Å². The monoisotopic (exact) mass is 379 g/mol. The molecule has 0 saturated carbocycles. The summed E-state index contributed by atoms with van der Waals surface area (Å²) in [4.78, 5) is 29.8. The van der Waals surface area contributed by atoms with Crippen molar-refractivity contribution >= 4 is 23.2 Å². The summed E-state index contributed by atoms with van der Waals surface area (Å²) in [6.07, 6.45) is -4.00. The van der Waals surface area contributed by atoms with Crippen molar-refractivity contribution < 1.29 is 27.5 Å². The number of hydrogen-bond donors (Lipinski definition) is 1. The van der Waals surface area contributed by atoms with Crippen molar-refractivity contribution in [3.63, 3.8) is 0 Å². The van der Waals surface area contributed by atoms with Crippen molar-refractivity contribution in [3.8, 4) is 5.88 Å². The molecule has 1 N–H and O–H groups in total. The zero-order valence-corrected chi connectivity index (χ0v) is 14.3. The van der Waals surface area contributed by atoms with E-state index in [2.05, 4.69) is 10.3 Å². The van der Waals surface area contributed by atoms with Gasteiger partial charge in [-0.25, -0.2) is 9.88 Å². The number of benzene rings is 1. The van der Waals surface area contributed by atoms with Crippen LogP contribution in [0.25, 0.3) is 0 Å². The van der Waals surface area contributed by atoms with E-state index < -0.39 is 30.5 Å². The minimum atomic E-state index is -4.28. The minimum absolute atomic E-state index is 0.0604. The van der Waals surface area contributed by atoms with Crippen molar-refractivity contribution in [1.82, 2.24) is 4.98 Å². The molecule has 0 spiro atoms. The lowest BCUT2D eigenvalue weighted by molar-refractivity contribution is -0.127. The van der Waals surface area contributed by atoms with Gasteiger partial charge in [-0.05, 0) is 23.8 Å². The molecule has 1 saturated heterocycles. The summed E-state index contributed by atoms with van der Waals surface area (Å²) in [7, 11) is 1.45. The summed E-state index contributed by atoms with van der Waals surface area (Å²) in [5.41, 5.74) is 0.908. The van der Waals surface area contributed by atoms with Crippen molar-refractivity contribution in [2.75, 3.05) is 17.3 Å². The highest BCUT2D eigenvalue weighted by Gasteiger charge is 2.39. The number of halogens is 3. The first kappa shape index (κ1) is 18.7. The van der Waals surface area contributed by atoms with Crippen LogP contribution in [0.5, 0.6) is 5.88 Å². The molecular formula is C18H16F3N3O3. The maximum absolute atomic E-state index is 12.6. The molecule has 1 aliphatic heterocycles. The van der Waals surface area contributed by atoms with Crippen molar-refractivity contribution in [2.45, 2.75) is 25.1 Å². The second-order valence-electron chi connectivity index (χ2n) is 6.02. The molecule has 27 heavy (non-hydrogen) atoms. The molecule has 1 fully saturated rings. The Morgan fingerprint density at radius 3 is 2.44 bits per heavy atom. The predicted octanol–water partition coefficient (Wildman–Crippen LogP) is 2.94. The number of carbonyl (C=O) groups is 2. The Bertz CT molecular complexity index is 836. The Kier molecular flexibility index (Phi) is 5.02. The molecule has 142 valence electrons. The fourth-order valence-electron chi connectivity index (χ4n) is 2.79. The summed E-state index contributed by atoms with van der Waals surface area (Å²) in [5.74, 6) is -0.490. The molecule has 2 amide bonds. The van der Waals surface area contributed by atoms with Crippen LogP contribution < -0.4 is 15.0 Å². The average Bonchev–Trinajstić information content (AvgIpc) is 2.89. The van der Waals surface area contributed by atoms with Crippen LogP contribution in [0.2, 0.25) is 0 Å². The maximum Gasteiger partial charge on any atom is 0.393 e. The van der Waals surface area contributed by atoms with Crippen LogP contribution in [0.1, 0.15) is 12.0 Å². The largest absolute Gasteiger partial charge is 0.481 e. The standard InChI is InChI=1S/C18H16F3N3O3/c1-27-15-7-6-13(10-22-15)24-16(25)8-14(17(24)26)23-12-4-2-11(3-5-12)9-18(19,20)21/h2-7,10,14,23H,8-9H2,1H3/t14-/m0/s1. The highest BCUT2D eigenvalue weighted by Crippen LogP contribution is 2.26. The molecule has 6 nitrogen and oxygen atoms in total. The van der Waals surface area contributed by atoms with Gasteiger partial charge >= 0.3 is 6.18 Å². The summed E-state index contributed by atoms with van der Waals surface area (Å²) < 4.78 is 42.1. The molecule has 1 atom stereocenters. The number of anilines is 2. The molecule has 0 radical (unpaired) electrons. The highest BCUT2D eigenvalue weighted by molar-refractivity contribution is 6.23. The number of nitrogens with one attached hydrogen (secondary N) is 1. The molecule has 0 unspecified atom stereocenters. The highest BCUT2D eigenvalue weighted by atomic mass is 19.4. The topological polar surface area (TPSA) is 71.5 Å². The molecule has 3 rings (SSSR count). The Labute approximate surface area is 152 Å². The number of pyridine rings is 1. The Hall–Kier alpha value is -3.10. The summed E-state index contributed by atoms with van der Waals surface area (Å²) in [6.45, 7) is 0. The SMILES string of the molecule is COc1ccc(N2C(=O)C[C@H](Nc3ccc(CC(F)(F)F)cc3)C2=O)cn1. The zero-order valence-electron chi connectivity index (χ0n) is 14.3. The van der Waals surface area contributed by atoms with Gasteiger partial charge in [-0.2, -0.15) is 13.2 Å². The molecule has 1 aromatic carbocycles.